The summed E-state index contributed by atoms with van der Waals surface area (Å²) < 4.78 is 11.4. The summed E-state index contributed by atoms with van der Waals surface area (Å²) in [7, 11) is 1.60. The van der Waals surface area contributed by atoms with Crippen LogP contribution >= 0.6 is 34.4 Å². The van der Waals surface area contributed by atoms with Crippen LogP contribution in [0.25, 0.3) is 0 Å². The Hall–Kier alpha value is -2.33. The molecule has 0 N–H and O–H groups in total. The van der Waals surface area contributed by atoms with Gasteiger partial charge < -0.3 is 9.47 Å². The SMILES string of the molecule is COc1ccc(COC(=O)C2=C(CI)CS[C@@H]3C(/N=C/c4ccccc4)C(=O)N23)cc1. The van der Waals surface area contributed by atoms with E-state index in [1.807, 2.05) is 54.6 Å². The highest BCUT2D eigenvalue weighted by Gasteiger charge is 2.53. The topological polar surface area (TPSA) is 68.2 Å². The molecule has 2 aromatic rings. The van der Waals surface area contributed by atoms with Crippen LogP contribution in [0.5, 0.6) is 5.75 Å². The van der Waals surface area contributed by atoms with E-state index in [9.17, 15) is 9.59 Å². The zero-order chi connectivity index (χ0) is 21.8. The van der Waals surface area contributed by atoms with Gasteiger partial charge in [0.05, 0.1) is 7.11 Å². The van der Waals surface area contributed by atoms with Crippen molar-refractivity contribution in [1.29, 1.82) is 0 Å². The summed E-state index contributed by atoms with van der Waals surface area (Å²) in [5.74, 6) is 0.794. The van der Waals surface area contributed by atoms with Gasteiger partial charge in [0, 0.05) is 16.4 Å². The molecule has 1 fully saturated rings. The Kier molecular flexibility index (Phi) is 6.96. The molecule has 4 rings (SSSR count). The Labute approximate surface area is 198 Å². The van der Waals surface area contributed by atoms with Crippen molar-refractivity contribution in [3.63, 3.8) is 0 Å². The zero-order valence-corrected chi connectivity index (χ0v) is 19.8. The van der Waals surface area contributed by atoms with Gasteiger partial charge in [-0.15, -0.1) is 11.8 Å². The number of methoxy groups -OCH3 is 1. The number of nitrogens with zero attached hydrogens (tertiary/aromatic N) is 2. The minimum atomic E-state index is -0.481. The van der Waals surface area contributed by atoms with Crippen LogP contribution < -0.4 is 4.74 Å². The summed E-state index contributed by atoms with van der Waals surface area (Å²) in [5.41, 5.74) is 3.09. The smallest absolute Gasteiger partial charge is 0.355 e. The number of carbonyl (C=O) groups is 2. The van der Waals surface area contributed by atoms with Gasteiger partial charge in [0.15, 0.2) is 6.04 Å². The van der Waals surface area contributed by atoms with E-state index < -0.39 is 12.0 Å². The molecule has 0 spiro atoms. The number of benzene rings is 2. The number of carbonyl (C=O) groups excluding carboxylic acids is 2. The van der Waals surface area contributed by atoms with Crippen LogP contribution in [0, 0.1) is 0 Å². The third-order valence-electron chi connectivity index (χ3n) is 5.09. The molecule has 1 amide bonds. The van der Waals surface area contributed by atoms with Gasteiger partial charge in [-0.1, -0.05) is 65.1 Å². The van der Waals surface area contributed by atoms with E-state index in [4.69, 9.17) is 9.47 Å². The van der Waals surface area contributed by atoms with Crippen LogP contribution in [0.3, 0.4) is 0 Å². The van der Waals surface area contributed by atoms with Crippen molar-refractivity contribution in [2.24, 2.45) is 4.99 Å². The predicted octanol–water partition coefficient (Wildman–Crippen LogP) is 3.83. The van der Waals surface area contributed by atoms with Gasteiger partial charge in [-0.3, -0.25) is 14.7 Å². The maximum atomic E-state index is 12.9. The lowest BCUT2D eigenvalue weighted by atomic mass is 10.0. The van der Waals surface area contributed by atoms with Crippen molar-refractivity contribution in [3.05, 3.63) is 77.0 Å². The Balaban J connectivity index is 1.46. The summed E-state index contributed by atoms with van der Waals surface area (Å²) in [6, 6.07) is 16.5. The van der Waals surface area contributed by atoms with E-state index in [1.54, 1.807) is 30.0 Å². The van der Waals surface area contributed by atoms with Crippen LogP contribution in [0.1, 0.15) is 11.1 Å². The molecule has 2 aromatic carbocycles. The number of rotatable bonds is 7. The predicted molar refractivity (Wildman–Crippen MR) is 130 cm³/mol. The van der Waals surface area contributed by atoms with E-state index in [0.29, 0.717) is 15.9 Å². The fraction of sp³-hybridized carbons (Fsp3) is 0.261. The second-order valence-electron chi connectivity index (χ2n) is 7.05. The number of ether oxygens (including phenoxy) is 2. The number of halogens is 1. The molecule has 0 saturated carbocycles. The Morgan fingerprint density at radius 2 is 1.97 bits per heavy atom. The van der Waals surface area contributed by atoms with Gasteiger partial charge in [-0.2, -0.15) is 0 Å². The van der Waals surface area contributed by atoms with E-state index in [-0.39, 0.29) is 17.9 Å². The highest BCUT2D eigenvalue weighted by molar-refractivity contribution is 14.1. The fourth-order valence-corrected chi connectivity index (χ4v) is 5.74. The molecule has 2 aliphatic heterocycles. The first-order valence-corrected chi connectivity index (χ1v) is 12.3. The quantitative estimate of drug-likeness (QED) is 0.173. The van der Waals surface area contributed by atoms with Crippen molar-refractivity contribution in [1.82, 2.24) is 4.90 Å². The van der Waals surface area contributed by atoms with Crippen LogP contribution in [0.4, 0.5) is 0 Å². The molecular formula is C23H21IN2O4S. The molecule has 0 bridgehead atoms. The molecule has 160 valence electrons. The van der Waals surface area contributed by atoms with Crippen molar-refractivity contribution in [2.45, 2.75) is 18.0 Å². The molecule has 2 heterocycles. The Morgan fingerprint density at radius 1 is 1.23 bits per heavy atom. The standard InChI is InChI=1S/C23H21IN2O4S/c1-29-18-9-7-16(8-10-18)13-30-23(28)20-17(11-24)14-31-22-19(21(27)26(20)22)25-12-15-5-3-2-4-6-15/h2-10,12,19,22H,11,13-14H2,1H3/b25-12+/t19?,22-/m1/s1. The number of β-lactam (4-membered cyclic amide) rings is 1. The minimum Gasteiger partial charge on any atom is -0.497 e. The molecule has 1 unspecified atom stereocenters. The van der Waals surface area contributed by atoms with E-state index >= 15 is 0 Å². The first kappa shape index (κ1) is 21.9. The second-order valence-corrected chi connectivity index (χ2v) is 8.92. The van der Waals surface area contributed by atoms with Crippen molar-refractivity contribution in [3.8, 4) is 5.75 Å². The number of amides is 1. The van der Waals surface area contributed by atoms with Crippen LogP contribution in [0.2, 0.25) is 0 Å². The zero-order valence-electron chi connectivity index (χ0n) is 16.9. The lowest BCUT2D eigenvalue weighted by Gasteiger charge is -2.48. The summed E-state index contributed by atoms with van der Waals surface area (Å²) in [4.78, 5) is 31.9. The molecule has 1 saturated heterocycles. The first-order valence-electron chi connectivity index (χ1n) is 9.73. The third kappa shape index (κ3) is 4.64. The molecular weight excluding hydrogens is 527 g/mol. The second kappa shape index (κ2) is 9.86. The summed E-state index contributed by atoms with van der Waals surface area (Å²) >= 11 is 3.86. The molecule has 6 nitrogen and oxygen atoms in total. The first-order chi connectivity index (χ1) is 15.1. The van der Waals surface area contributed by atoms with Crippen LogP contribution in [-0.4, -0.2) is 51.7 Å². The van der Waals surface area contributed by atoms with Gasteiger partial charge >= 0.3 is 5.97 Å². The van der Waals surface area contributed by atoms with Gasteiger partial charge in [0.2, 0.25) is 0 Å². The van der Waals surface area contributed by atoms with Gasteiger partial charge in [-0.25, -0.2) is 4.79 Å². The number of alkyl halides is 1. The number of hydrogen-bond acceptors (Lipinski definition) is 6. The van der Waals surface area contributed by atoms with Crippen LogP contribution in [-0.2, 0) is 20.9 Å². The molecule has 2 atom stereocenters. The van der Waals surface area contributed by atoms with Gasteiger partial charge in [0.1, 0.15) is 23.4 Å². The maximum absolute atomic E-state index is 12.9. The van der Waals surface area contributed by atoms with Gasteiger partial charge in [-0.05, 0) is 28.8 Å². The lowest BCUT2D eigenvalue weighted by molar-refractivity contribution is -0.151. The maximum Gasteiger partial charge on any atom is 0.355 e. The molecule has 2 aliphatic rings. The summed E-state index contributed by atoms with van der Waals surface area (Å²) in [6.07, 6.45) is 1.72. The van der Waals surface area contributed by atoms with E-state index in [1.165, 1.54) is 0 Å². The van der Waals surface area contributed by atoms with E-state index in [2.05, 4.69) is 27.6 Å². The molecule has 31 heavy (non-hydrogen) atoms. The Bertz CT molecular complexity index is 1020. The molecule has 0 aromatic heterocycles. The highest BCUT2D eigenvalue weighted by atomic mass is 127. The number of hydrogen-bond donors (Lipinski definition) is 0. The Morgan fingerprint density at radius 3 is 2.65 bits per heavy atom. The molecule has 0 radical (unpaired) electrons. The highest BCUT2D eigenvalue weighted by Crippen LogP contribution is 2.42. The van der Waals surface area contributed by atoms with Crippen LogP contribution in [0.15, 0.2) is 70.9 Å². The van der Waals surface area contributed by atoms with E-state index in [0.717, 1.165) is 22.4 Å². The molecule has 0 aliphatic carbocycles. The number of aliphatic imine (C=N–C) groups is 1. The van der Waals surface area contributed by atoms with Crippen molar-refractivity contribution < 1.29 is 19.1 Å². The monoisotopic (exact) mass is 548 g/mol. The average molecular weight is 548 g/mol. The van der Waals surface area contributed by atoms with Gasteiger partial charge in [0.25, 0.3) is 5.91 Å². The normalized spacial score (nSPS) is 20.5. The summed E-state index contributed by atoms with van der Waals surface area (Å²) in [6.45, 7) is 0.135. The molecule has 8 heteroatoms. The largest absolute Gasteiger partial charge is 0.497 e. The fourth-order valence-electron chi connectivity index (χ4n) is 3.40. The number of esters is 1. The third-order valence-corrected chi connectivity index (χ3v) is 7.33. The minimum absolute atomic E-state index is 0.135. The number of thioether (sulfide) groups is 1. The average Bonchev–Trinajstić information content (AvgIpc) is 2.82. The summed E-state index contributed by atoms with van der Waals surface area (Å²) in [5, 5.41) is -0.178. The van der Waals surface area contributed by atoms with Crippen molar-refractivity contribution in [2.75, 3.05) is 17.3 Å². The van der Waals surface area contributed by atoms with Crippen molar-refractivity contribution >= 4 is 52.4 Å². The lowest BCUT2D eigenvalue weighted by Crippen LogP contribution is -2.64. The number of fused-ring (bicyclic) bond motifs is 1.